The van der Waals surface area contributed by atoms with Gasteiger partial charge in [0.05, 0.1) is 12.8 Å². The lowest BCUT2D eigenvalue weighted by atomic mass is 10.1. The zero-order valence-electron chi connectivity index (χ0n) is 11.0. The Morgan fingerprint density at radius 2 is 2.11 bits per heavy atom. The Morgan fingerprint density at radius 3 is 2.72 bits per heavy atom. The number of thioether (sulfide) groups is 1. The van der Waals surface area contributed by atoms with Crippen molar-refractivity contribution in [2.75, 3.05) is 7.11 Å². The van der Waals surface area contributed by atoms with Gasteiger partial charge in [-0.25, -0.2) is 4.98 Å². The van der Waals surface area contributed by atoms with Gasteiger partial charge in [-0.1, -0.05) is 11.8 Å². The highest BCUT2D eigenvalue weighted by molar-refractivity contribution is 8.00. The predicted molar refractivity (Wildman–Crippen MR) is 76.7 cm³/mol. The van der Waals surface area contributed by atoms with Crippen LogP contribution in [0, 0.1) is 20.8 Å². The van der Waals surface area contributed by atoms with Crippen LogP contribution in [0.3, 0.4) is 0 Å². The van der Waals surface area contributed by atoms with Crippen LogP contribution in [0.15, 0.2) is 15.9 Å². The van der Waals surface area contributed by atoms with Gasteiger partial charge in [-0.05, 0) is 20.8 Å². The van der Waals surface area contributed by atoms with E-state index in [1.165, 1.54) is 0 Å². The molecule has 2 aromatic heterocycles. The fourth-order valence-electron chi connectivity index (χ4n) is 1.75. The number of hydrogen-bond donors (Lipinski definition) is 0. The van der Waals surface area contributed by atoms with Crippen LogP contribution in [0.5, 0.6) is 5.75 Å². The molecule has 18 heavy (non-hydrogen) atoms. The molecule has 0 N–H and O–H groups in total. The van der Waals surface area contributed by atoms with E-state index in [1.54, 1.807) is 30.2 Å². The Labute approximate surface area is 116 Å². The third-order valence-corrected chi connectivity index (χ3v) is 4.83. The molecule has 2 heterocycles. The number of rotatable bonds is 4. The van der Waals surface area contributed by atoms with Gasteiger partial charge in [0.2, 0.25) is 0 Å². The second kappa shape index (κ2) is 5.71. The van der Waals surface area contributed by atoms with E-state index in [0.29, 0.717) is 0 Å². The second-order valence-corrected chi connectivity index (χ2v) is 6.17. The maximum absolute atomic E-state index is 5.41. The summed E-state index contributed by atoms with van der Waals surface area (Å²) in [5.41, 5.74) is 4.34. The van der Waals surface area contributed by atoms with Gasteiger partial charge in [0.15, 0.2) is 0 Å². The van der Waals surface area contributed by atoms with Gasteiger partial charge < -0.3 is 4.74 Å². The summed E-state index contributed by atoms with van der Waals surface area (Å²) in [6.45, 7) is 6.08. The van der Waals surface area contributed by atoms with E-state index in [0.717, 1.165) is 38.4 Å². The van der Waals surface area contributed by atoms with Crippen LogP contribution in [0.1, 0.15) is 22.5 Å². The van der Waals surface area contributed by atoms with Crippen LogP contribution < -0.4 is 4.74 Å². The molecule has 2 rings (SSSR count). The van der Waals surface area contributed by atoms with Crippen molar-refractivity contribution >= 4 is 23.1 Å². The van der Waals surface area contributed by atoms with Crippen LogP contribution in [0.4, 0.5) is 0 Å². The first-order valence-corrected chi connectivity index (χ1v) is 7.52. The molecule has 0 radical (unpaired) electrons. The number of thiazole rings is 1. The van der Waals surface area contributed by atoms with Crippen LogP contribution >= 0.6 is 23.1 Å². The Kier molecular flexibility index (Phi) is 4.24. The molecule has 3 nitrogen and oxygen atoms in total. The molecule has 0 aliphatic heterocycles. The molecule has 96 valence electrons. The highest BCUT2D eigenvalue weighted by Crippen LogP contribution is 2.30. The summed E-state index contributed by atoms with van der Waals surface area (Å²) in [6.07, 6.45) is 1.87. The lowest BCUT2D eigenvalue weighted by Gasteiger charge is -2.11. The number of aryl methyl sites for hydroxylation is 2. The molecule has 0 unspecified atom stereocenters. The summed E-state index contributed by atoms with van der Waals surface area (Å²) >= 11 is 3.40. The molecule has 0 atom stereocenters. The zero-order chi connectivity index (χ0) is 13.1. The van der Waals surface area contributed by atoms with E-state index in [1.807, 2.05) is 20.0 Å². The average Bonchev–Trinajstić information content (AvgIpc) is 2.75. The van der Waals surface area contributed by atoms with E-state index >= 15 is 0 Å². The lowest BCUT2D eigenvalue weighted by Crippen LogP contribution is -1.98. The number of aromatic nitrogens is 2. The molecule has 0 aromatic carbocycles. The normalized spacial score (nSPS) is 10.7. The third kappa shape index (κ3) is 2.84. The molecule has 0 aliphatic rings. The number of methoxy groups -OCH3 is 1. The van der Waals surface area contributed by atoms with Crippen molar-refractivity contribution in [3.8, 4) is 5.75 Å². The molecule has 0 fully saturated rings. The Bertz CT molecular complexity index is 552. The van der Waals surface area contributed by atoms with Gasteiger partial charge in [-0.2, -0.15) is 0 Å². The summed E-state index contributed by atoms with van der Waals surface area (Å²) in [6, 6.07) is 0. The van der Waals surface area contributed by atoms with E-state index in [4.69, 9.17) is 4.74 Å². The van der Waals surface area contributed by atoms with Crippen molar-refractivity contribution in [3.63, 3.8) is 0 Å². The molecular weight excluding hydrogens is 264 g/mol. The van der Waals surface area contributed by atoms with E-state index in [2.05, 4.69) is 22.3 Å². The standard InChI is InChI=1S/C13H16N2OS2/c1-8-5-14-11(10(3)12(8)16-4)7-18-13-15-9(2)6-17-13/h5-6H,7H2,1-4H3. The van der Waals surface area contributed by atoms with Gasteiger partial charge in [0, 0.05) is 34.2 Å². The summed E-state index contributed by atoms with van der Waals surface area (Å²) in [4.78, 5) is 8.92. The maximum Gasteiger partial charge on any atom is 0.150 e. The van der Waals surface area contributed by atoms with E-state index in [-0.39, 0.29) is 0 Å². The molecule has 0 saturated carbocycles. The summed E-state index contributed by atoms with van der Waals surface area (Å²) in [7, 11) is 1.70. The lowest BCUT2D eigenvalue weighted by molar-refractivity contribution is 0.407. The molecule has 0 bridgehead atoms. The van der Waals surface area contributed by atoms with Crippen LogP contribution in [-0.4, -0.2) is 17.1 Å². The van der Waals surface area contributed by atoms with Gasteiger partial charge in [0.1, 0.15) is 10.1 Å². The minimum Gasteiger partial charge on any atom is -0.496 e. The monoisotopic (exact) mass is 280 g/mol. The first-order valence-electron chi connectivity index (χ1n) is 5.65. The SMILES string of the molecule is COc1c(C)cnc(CSc2nc(C)cs2)c1C. The van der Waals surface area contributed by atoms with Crippen molar-refractivity contribution in [1.29, 1.82) is 0 Å². The Balaban J connectivity index is 2.14. The number of ether oxygens (including phenoxy) is 1. The Hall–Kier alpha value is -1.07. The van der Waals surface area contributed by atoms with Gasteiger partial charge in [0.25, 0.3) is 0 Å². The molecular formula is C13H16N2OS2. The minimum absolute atomic E-state index is 0.829. The Morgan fingerprint density at radius 1 is 1.33 bits per heavy atom. The highest BCUT2D eigenvalue weighted by atomic mass is 32.2. The highest BCUT2D eigenvalue weighted by Gasteiger charge is 2.10. The fourth-order valence-corrected chi connectivity index (χ4v) is 3.62. The fraction of sp³-hybridized carbons (Fsp3) is 0.385. The van der Waals surface area contributed by atoms with E-state index < -0.39 is 0 Å². The molecule has 0 saturated heterocycles. The van der Waals surface area contributed by atoms with Crippen molar-refractivity contribution in [2.24, 2.45) is 0 Å². The zero-order valence-corrected chi connectivity index (χ0v) is 12.6. The topological polar surface area (TPSA) is 35.0 Å². The summed E-state index contributed by atoms with van der Waals surface area (Å²) in [5, 5.41) is 2.07. The first kappa shape index (κ1) is 13.4. The maximum atomic E-state index is 5.41. The summed E-state index contributed by atoms with van der Waals surface area (Å²) in [5.74, 6) is 1.77. The van der Waals surface area contributed by atoms with Crippen molar-refractivity contribution in [1.82, 2.24) is 9.97 Å². The van der Waals surface area contributed by atoms with Gasteiger partial charge >= 0.3 is 0 Å². The molecule has 2 aromatic rings. The van der Waals surface area contributed by atoms with Crippen LogP contribution in [0.25, 0.3) is 0 Å². The number of pyridine rings is 1. The second-order valence-electron chi connectivity index (χ2n) is 4.09. The smallest absolute Gasteiger partial charge is 0.150 e. The third-order valence-electron chi connectivity index (χ3n) is 2.68. The van der Waals surface area contributed by atoms with E-state index in [9.17, 15) is 0 Å². The summed E-state index contributed by atoms with van der Waals surface area (Å²) < 4.78 is 6.50. The van der Waals surface area contributed by atoms with Gasteiger partial charge in [-0.15, -0.1) is 11.3 Å². The van der Waals surface area contributed by atoms with Crippen molar-refractivity contribution in [2.45, 2.75) is 30.9 Å². The van der Waals surface area contributed by atoms with Gasteiger partial charge in [-0.3, -0.25) is 4.98 Å². The number of nitrogens with zero attached hydrogens (tertiary/aromatic N) is 2. The first-order chi connectivity index (χ1) is 8.61. The quantitative estimate of drug-likeness (QED) is 0.799. The predicted octanol–water partition coefficient (Wildman–Crippen LogP) is 3.76. The molecule has 0 aliphatic carbocycles. The molecule has 0 spiro atoms. The number of hydrogen-bond acceptors (Lipinski definition) is 5. The minimum atomic E-state index is 0.829. The van der Waals surface area contributed by atoms with Crippen molar-refractivity contribution < 1.29 is 4.74 Å². The van der Waals surface area contributed by atoms with Crippen LogP contribution in [-0.2, 0) is 5.75 Å². The van der Waals surface area contributed by atoms with Crippen LogP contribution in [0.2, 0.25) is 0 Å². The largest absolute Gasteiger partial charge is 0.496 e. The molecule has 0 amide bonds. The average molecular weight is 280 g/mol. The van der Waals surface area contributed by atoms with Crippen molar-refractivity contribution in [3.05, 3.63) is 34.1 Å². The molecule has 5 heteroatoms.